The van der Waals surface area contributed by atoms with Gasteiger partial charge in [-0.25, -0.2) is 4.98 Å². The van der Waals surface area contributed by atoms with E-state index in [-0.39, 0.29) is 30.7 Å². The number of aromatic nitrogens is 2. The van der Waals surface area contributed by atoms with Crippen molar-refractivity contribution in [1.82, 2.24) is 20.6 Å². The summed E-state index contributed by atoms with van der Waals surface area (Å²) in [6.45, 7) is 2.87. The van der Waals surface area contributed by atoms with Crippen LogP contribution in [0.25, 0.3) is 0 Å². The minimum absolute atomic E-state index is 0. The fourth-order valence-electron chi connectivity index (χ4n) is 2.35. The zero-order valence-corrected chi connectivity index (χ0v) is 13.2. The van der Waals surface area contributed by atoms with Crippen molar-refractivity contribution in [2.24, 2.45) is 5.92 Å². The molecule has 1 fully saturated rings. The second-order valence-electron chi connectivity index (χ2n) is 4.87. The summed E-state index contributed by atoms with van der Waals surface area (Å²) in [6.07, 6.45) is 8.39. The Labute approximate surface area is 132 Å². The van der Waals surface area contributed by atoms with Crippen molar-refractivity contribution in [1.29, 1.82) is 0 Å². The summed E-state index contributed by atoms with van der Waals surface area (Å²) in [4.78, 5) is 18.8. The average Bonchev–Trinajstić information content (AvgIpc) is 2.91. The second-order valence-corrected chi connectivity index (χ2v) is 4.87. The first-order valence-corrected chi connectivity index (χ1v) is 6.80. The van der Waals surface area contributed by atoms with Crippen LogP contribution in [0.3, 0.4) is 0 Å². The molecule has 0 radical (unpaired) electrons. The van der Waals surface area contributed by atoms with E-state index in [9.17, 15) is 4.79 Å². The Morgan fingerprint density at radius 2 is 2.10 bits per heavy atom. The van der Waals surface area contributed by atoms with E-state index >= 15 is 0 Å². The van der Waals surface area contributed by atoms with E-state index in [0.717, 1.165) is 37.7 Å². The zero-order valence-electron chi connectivity index (χ0n) is 11.6. The summed E-state index contributed by atoms with van der Waals surface area (Å²) >= 11 is 0. The molecule has 0 aromatic carbocycles. The van der Waals surface area contributed by atoms with Crippen molar-refractivity contribution >= 4 is 30.7 Å². The van der Waals surface area contributed by atoms with E-state index in [2.05, 4.69) is 20.6 Å². The van der Waals surface area contributed by atoms with Crippen molar-refractivity contribution in [2.75, 3.05) is 19.6 Å². The molecule has 1 aliphatic heterocycles. The molecule has 0 atom stereocenters. The Morgan fingerprint density at radius 1 is 1.35 bits per heavy atom. The molecule has 3 N–H and O–H groups in total. The van der Waals surface area contributed by atoms with Gasteiger partial charge in [-0.15, -0.1) is 24.8 Å². The lowest BCUT2D eigenvalue weighted by molar-refractivity contribution is -0.121. The first kappa shape index (κ1) is 19.2. The molecule has 2 rings (SSSR count). The quantitative estimate of drug-likeness (QED) is 0.746. The van der Waals surface area contributed by atoms with Crippen molar-refractivity contribution in [2.45, 2.75) is 32.1 Å². The summed E-state index contributed by atoms with van der Waals surface area (Å²) in [5.41, 5.74) is 0. The molecule has 20 heavy (non-hydrogen) atoms. The maximum atomic E-state index is 11.7. The van der Waals surface area contributed by atoms with E-state index in [0.29, 0.717) is 13.0 Å². The highest BCUT2D eigenvalue weighted by molar-refractivity contribution is 5.85. The zero-order chi connectivity index (χ0) is 12.6. The third-order valence-electron chi connectivity index (χ3n) is 3.48. The first-order valence-electron chi connectivity index (χ1n) is 6.80. The maximum Gasteiger partial charge on any atom is 0.220 e. The molecule has 0 unspecified atom stereocenters. The molecule has 0 aliphatic carbocycles. The van der Waals surface area contributed by atoms with Crippen molar-refractivity contribution in [3.8, 4) is 0 Å². The number of amides is 1. The number of imidazole rings is 1. The van der Waals surface area contributed by atoms with Gasteiger partial charge in [0.15, 0.2) is 0 Å². The number of nitrogens with zero attached hydrogens (tertiary/aromatic N) is 1. The predicted octanol–water partition coefficient (Wildman–Crippen LogP) is 1.69. The normalized spacial score (nSPS) is 15.0. The topological polar surface area (TPSA) is 69.8 Å². The van der Waals surface area contributed by atoms with Crippen LogP contribution in [0.15, 0.2) is 12.4 Å². The molecule has 0 saturated carbocycles. The van der Waals surface area contributed by atoms with Gasteiger partial charge in [-0.3, -0.25) is 4.79 Å². The molecular formula is C13H24Cl2N4O. The van der Waals surface area contributed by atoms with Crippen LogP contribution in [0.4, 0.5) is 0 Å². The Hall–Kier alpha value is -0.780. The highest BCUT2D eigenvalue weighted by Crippen LogP contribution is 2.17. The average molecular weight is 323 g/mol. The van der Waals surface area contributed by atoms with Gasteiger partial charge in [-0.2, -0.15) is 0 Å². The lowest BCUT2D eigenvalue weighted by atomic mass is 9.93. The highest BCUT2D eigenvalue weighted by atomic mass is 35.5. The van der Waals surface area contributed by atoms with Crippen LogP contribution in [0.2, 0.25) is 0 Å². The third kappa shape index (κ3) is 7.12. The molecule has 116 valence electrons. The number of hydrogen-bond acceptors (Lipinski definition) is 3. The second kappa shape index (κ2) is 10.9. The number of aromatic amines is 1. The lowest BCUT2D eigenvalue weighted by Gasteiger charge is -2.22. The smallest absolute Gasteiger partial charge is 0.220 e. The largest absolute Gasteiger partial charge is 0.356 e. The van der Waals surface area contributed by atoms with Gasteiger partial charge in [0, 0.05) is 31.8 Å². The SMILES string of the molecule is Cl.Cl.O=C(CCC1CCNCC1)NCCc1ncc[nH]1. The van der Waals surface area contributed by atoms with Crippen LogP contribution in [-0.4, -0.2) is 35.5 Å². The van der Waals surface area contributed by atoms with Gasteiger partial charge < -0.3 is 15.6 Å². The molecule has 0 spiro atoms. The Bertz CT molecular complexity index is 353. The molecule has 1 aromatic rings. The minimum Gasteiger partial charge on any atom is -0.356 e. The van der Waals surface area contributed by atoms with Crippen molar-refractivity contribution in [3.63, 3.8) is 0 Å². The molecule has 5 nitrogen and oxygen atoms in total. The van der Waals surface area contributed by atoms with Crippen LogP contribution in [0, 0.1) is 5.92 Å². The molecule has 1 aliphatic rings. The molecule has 0 bridgehead atoms. The summed E-state index contributed by atoms with van der Waals surface area (Å²) in [5.74, 6) is 1.82. The molecule has 7 heteroatoms. The van der Waals surface area contributed by atoms with E-state index in [1.54, 1.807) is 12.4 Å². The minimum atomic E-state index is 0. The molecule has 1 amide bonds. The number of carbonyl (C=O) groups is 1. The van der Waals surface area contributed by atoms with E-state index in [1.165, 1.54) is 12.8 Å². The Balaban J connectivity index is 0.00000180. The van der Waals surface area contributed by atoms with Gasteiger partial charge in [-0.1, -0.05) is 0 Å². The summed E-state index contributed by atoms with van der Waals surface area (Å²) in [6, 6.07) is 0. The van der Waals surface area contributed by atoms with Gasteiger partial charge in [0.25, 0.3) is 0 Å². The van der Waals surface area contributed by atoms with E-state index in [4.69, 9.17) is 0 Å². The Kier molecular flexibility index (Phi) is 10.5. The van der Waals surface area contributed by atoms with Gasteiger partial charge in [0.2, 0.25) is 5.91 Å². The predicted molar refractivity (Wildman–Crippen MR) is 84.6 cm³/mol. The third-order valence-corrected chi connectivity index (χ3v) is 3.48. The van der Waals surface area contributed by atoms with Crippen molar-refractivity contribution < 1.29 is 4.79 Å². The number of H-pyrrole nitrogens is 1. The molecule has 2 heterocycles. The van der Waals surface area contributed by atoms with Gasteiger partial charge in [0.05, 0.1) is 0 Å². The van der Waals surface area contributed by atoms with Gasteiger partial charge in [-0.05, 0) is 38.3 Å². The fraction of sp³-hybridized carbons (Fsp3) is 0.692. The monoisotopic (exact) mass is 322 g/mol. The Morgan fingerprint density at radius 3 is 2.75 bits per heavy atom. The van der Waals surface area contributed by atoms with Crippen molar-refractivity contribution in [3.05, 3.63) is 18.2 Å². The van der Waals surface area contributed by atoms with Crippen LogP contribution >= 0.6 is 24.8 Å². The van der Waals surface area contributed by atoms with Crippen LogP contribution in [-0.2, 0) is 11.2 Å². The number of piperidine rings is 1. The fourth-order valence-corrected chi connectivity index (χ4v) is 2.35. The summed E-state index contributed by atoms with van der Waals surface area (Å²) in [5, 5.41) is 6.29. The number of rotatable bonds is 6. The van der Waals surface area contributed by atoms with Crippen LogP contribution in [0.5, 0.6) is 0 Å². The summed E-state index contributed by atoms with van der Waals surface area (Å²) in [7, 11) is 0. The van der Waals surface area contributed by atoms with E-state index in [1.807, 2.05) is 0 Å². The lowest BCUT2D eigenvalue weighted by Crippen LogP contribution is -2.30. The van der Waals surface area contributed by atoms with Gasteiger partial charge in [0.1, 0.15) is 5.82 Å². The standard InChI is InChI=1S/C13H22N4O.2ClH/c18-13(2-1-11-3-6-14-7-4-11)17-8-5-12-15-9-10-16-12;;/h9-11,14H,1-8H2,(H,15,16)(H,17,18);2*1H. The van der Waals surface area contributed by atoms with Crippen LogP contribution < -0.4 is 10.6 Å². The number of halogens is 2. The number of carbonyl (C=O) groups excluding carboxylic acids is 1. The molecular weight excluding hydrogens is 299 g/mol. The highest BCUT2D eigenvalue weighted by Gasteiger charge is 2.14. The molecule has 1 aromatic heterocycles. The van der Waals surface area contributed by atoms with Gasteiger partial charge >= 0.3 is 0 Å². The number of hydrogen-bond donors (Lipinski definition) is 3. The summed E-state index contributed by atoms with van der Waals surface area (Å²) < 4.78 is 0. The molecule has 1 saturated heterocycles. The number of nitrogens with one attached hydrogen (secondary N) is 3. The first-order chi connectivity index (χ1) is 8.84. The van der Waals surface area contributed by atoms with Crippen LogP contribution in [0.1, 0.15) is 31.5 Å². The maximum absolute atomic E-state index is 11.7. The van der Waals surface area contributed by atoms with E-state index < -0.39 is 0 Å².